The first kappa shape index (κ1) is 13.2. The molecule has 4 nitrogen and oxygen atoms in total. The summed E-state index contributed by atoms with van der Waals surface area (Å²) in [5.41, 5.74) is 13.2. The molecule has 19 heavy (non-hydrogen) atoms. The van der Waals surface area contributed by atoms with Gasteiger partial charge in [0.1, 0.15) is 0 Å². The van der Waals surface area contributed by atoms with E-state index in [4.69, 9.17) is 16.2 Å². The van der Waals surface area contributed by atoms with Gasteiger partial charge in [0.25, 0.3) is 0 Å². The zero-order valence-corrected chi connectivity index (χ0v) is 11.6. The summed E-state index contributed by atoms with van der Waals surface area (Å²) >= 11 is 0. The second-order valence-corrected chi connectivity index (χ2v) is 6.63. The minimum Gasteiger partial charge on any atom is -0.399 e. The maximum absolute atomic E-state index is 6.53. The third-order valence-corrected chi connectivity index (χ3v) is 4.60. The van der Waals surface area contributed by atoms with E-state index in [1.807, 2.05) is 12.2 Å². The van der Waals surface area contributed by atoms with Crippen LogP contribution in [0, 0.1) is 5.41 Å². The Hall–Kier alpha value is -0.840. The van der Waals surface area contributed by atoms with Crippen LogP contribution in [0.25, 0.3) is 0 Å². The van der Waals surface area contributed by atoms with Crippen molar-refractivity contribution in [2.24, 2.45) is 16.9 Å². The summed E-state index contributed by atoms with van der Waals surface area (Å²) < 4.78 is 5.51. The molecule has 0 aromatic heterocycles. The summed E-state index contributed by atoms with van der Waals surface area (Å²) in [5.74, 6) is 0. The number of likely N-dealkylation sites (tertiary alicyclic amines) is 1. The summed E-state index contributed by atoms with van der Waals surface area (Å²) in [6, 6.07) is 0. The summed E-state index contributed by atoms with van der Waals surface area (Å²) in [7, 11) is 0. The van der Waals surface area contributed by atoms with E-state index in [-0.39, 0.29) is 11.0 Å². The zero-order valence-electron chi connectivity index (χ0n) is 11.6. The van der Waals surface area contributed by atoms with Gasteiger partial charge in [-0.2, -0.15) is 0 Å². The fourth-order valence-corrected chi connectivity index (χ4v) is 3.59. The Bertz CT molecular complexity index is 394. The second-order valence-electron chi connectivity index (χ2n) is 6.63. The molecule has 4 heteroatoms. The van der Waals surface area contributed by atoms with Crippen molar-refractivity contribution in [1.29, 1.82) is 0 Å². The minimum atomic E-state index is -0.244. The molecule has 1 aliphatic carbocycles. The van der Waals surface area contributed by atoms with E-state index >= 15 is 0 Å². The van der Waals surface area contributed by atoms with Crippen molar-refractivity contribution in [2.75, 3.05) is 32.8 Å². The van der Waals surface area contributed by atoms with E-state index in [0.717, 1.165) is 38.3 Å². The van der Waals surface area contributed by atoms with Crippen LogP contribution in [-0.4, -0.2) is 43.3 Å². The molecule has 3 rings (SSSR count). The Labute approximate surface area is 115 Å². The smallest absolute Gasteiger partial charge is 0.0557 e. The average molecular weight is 263 g/mol. The number of hydrogen-bond donors (Lipinski definition) is 2. The third kappa shape index (κ3) is 2.86. The maximum atomic E-state index is 6.53. The average Bonchev–Trinajstić information content (AvgIpc) is 2.83. The van der Waals surface area contributed by atoms with Crippen molar-refractivity contribution in [3.05, 3.63) is 23.9 Å². The summed E-state index contributed by atoms with van der Waals surface area (Å²) in [5, 5.41) is 0. The molecule has 1 unspecified atom stereocenters. The highest BCUT2D eigenvalue weighted by atomic mass is 16.5. The number of rotatable bonds is 4. The molecule has 2 fully saturated rings. The molecule has 0 bridgehead atoms. The fourth-order valence-electron chi connectivity index (χ4n) is 3.59. The third-order valence-electron chi connectivity index (χ3n) is 4.60. The Morgan fingerprint density at radius 1 is 1.26 bits per heavy atom. The van der Waals surface area contributed by atoms with Gasteiger partial charge < -0.3 is 21.1 Å². The van der Waals surface area contributed by atoms with Crippen LogP contribution in [-0.2, 0) is 4.74 Å². The Morgan fingerprint density at radius 3 is 2.53 bits per heavy atom. The summed E-state index contributed by atoms with van der Waals surface area (Å²) in [4.78, 5) is 2.57. The predicted molar refractivity (Wildman–Crippen MR) is 76.5 cm³/mol. The van der Waals surface area contributed by atoms with E-state index in [1.54, 1.807) is 0 Å². The van der Waals surface area contributed by atoms with Gasteiger partial charge in [-0.1, -0.05) is 12.2 Å². The maximum Gasteiger partial charge on any atom is 0.0557 e. The van der Waals surface area contributed by atoms with E-state index in [1.165, 1.54) is 25.9 Å². The molecule has 0 spiro atoms. The van der Waals surface area contributed by atoms with Gasteiger partial charge in [-0.05, 0) is 44.8 Å². The van der Waals surface area contributed by atoms with Crippen LogP contribution < -0.4 is 11.5 Å². The molecule has 0 amide bonds. The van der Waals surface area contributed by atoms with Crippen molar-refractivity contribution >= 4 is 0 Å². The summed E-state index contributed by atoms with van der Waals surface area (Å²) in [6.07, 6.45) is 10.6. The van der Waals surface area contributed by atoms with Crippen LogP contribution in [0.2, 0.25) is 0 Å². The lowest BCUT2D eigenvalue weighted by atomic mass is 9.71. The highest BCUT2D eigenvalue weighted by molar-refractivity contribution is 5.27. The molecular formula is C15H25N3O. The van der Waals surface area contributed by atoms with E-state index < -0.39 is 0 Å². The molecule has 2 heterocycles. The van der Waals surface area contributed by atoms with Gasteiger partial charge in [0.15, 0.2) is 0 Å². The number of nitrogens with two attached hydrogens (primary N) is 2. The first-order valence-electron chi connectivity index (χ1n) is 7.33. The van der Waals surface area contributed by atoms with Crippen LogP contribution >= 0.6 is 0 Å². The first-order chi connectivity index (χ1) is 9.09. The van der Waals surface area contributed by atoms with Gasteiger partial charge in [-0.25, -0.2) is 0 Å². The molecule has 2 aliphatic heterocycles. The molecule has 2 saturated heterocycles. The molecule has 3 aliphatic rings. The molecule has 0 radical (unpaired) electrons. The van der Waals surface area contributed by atoms with Crippen LogP contribution in [0.3, 0.4) is 0 Å². The van der Waals surface area contributed by atoms with Gasteiger partial charge in [0.05, 0.1) is 13.2 Å². The van der Waals surface area contributed by atoms with Gasteiger partial charge in [0.2, 0.25) is 0 Å². The predicted octanol–water partition coefficient (Wildman–Crippen LogP) is 0.989. The SMILES string of the molecule is NC1=CCC(N)(CC2(CN3CCCC3)COC2)C=C1. The lowest BCUT2D eigenvalue weighted by Gasteiger charge is -2.48. The summed E-state index contributed by atoms with van der Waals surface area (Å²) in [6.45, 7) is 5.33. The number of allylic oxidation sites excluding steroid dienone is 1. The van der Waals surface area contributed by atoms with Crippen molar-refractivity contribution in [2.45, 2.75) is 31.2 Å². The van der Waals surface area contributed by atoms with Crippen LogP contribution in [0.1, 0.15) is 25.7 Å². The van der Waals surface area contributed by atoms with Crippen LogP contribution in [0.15, 0.2) is 23.9 Å². The van der Waals surface area contributed by atoms with Crippen molar-refractivity contribution < 1.29 is 4.74 Å². The van der Waals surface area contributed by atoms with Gasteiger partial charge in [0, 0.05) is 23.2 Å². The topological polar surface area (TPSA) is 64.5 Å². The highest BCUT2D eigenvalue weighted by Crippen LogP contribution is 2.39. The highest BCUT2D eigenvalue weighted by Gasteiger charge is 2.45. The largest absolute Gasteiger partial charge is 0.399 e. The normalized spacial score (nSPS) is 34.1. The standard InChI is InChI=1S/C15H25N3O/c16-13-3-5-15(17,6-4-13)9-14(11-19-12-14)10-18-7-1-2-8-18/h3-5H,1-2,6-12,16-17H2. The molecule has 0 saturated carbocycles. The quantitative estimate of drug-likeness (QED) is 0.794. The van der Waals surface area contributed by atoms with Crippen LogP contribution in [0.5, 0.6) is 0 Å². The molecule has 106 valence electrons. The lowest BCUT2D eigenvalue weighted by molar-refractivity contribution is -0.135. The van der Waals surface area contributed by atoms with Gasteiger partial charge >= 0.3 is 0 Å². The first-order valence-corrected chi connectivity index (χ1v) is 7.33. The molecular weight excluding hydrogens is 238 g/mol. The van der Waals surface area contributed by atoms with Crippen molar-refractivity contribution in [3.63, 3.8) is 0 Å². The Morgan fingerprint density at radius 2 is 2.00 bits per heavy atom. The molecule has 4 N–H and O–H groups in total. The fraction of sp³-hybridized carbons (Fsp3) is 0.733. The second kappa shape index (κ2) is 4.93. The molecule has 1 atom stereocenters. The number of ether oxygens (including phenoxy) is 1. The van der Waals surface area contributed by atoms with E-state index in [0.29, 0.717) is 0 Å². The zero-order chi connectivity index (χ0) is 13.3. The van der Waals surface area contributed by atoms with Gasteiger partial charge in [-0.3, -0.25) is 0 Å². The van der Waals surface area contributed by atoms with E-state index in [9.17, 15) is 0 Å². The van der Waals surface area contributed by atoms with Crippen molar-refractivity contribution in [1.82, 2.24) is 4.90 Å². The van der Waals surface area contributed by atoms with Crippen LogP contribution in [0.4, 0.5) is 0 Å². The van der Waals surface area contributed by atoms with Crippen molar-refractivity contribution in [3.8, 4) is 0 Å². The number of nitrogens with zero attached hydrogens (tertiary/aromatic N) is 1. The van der Waals surface area contributed by atoms with E-state index in [2.05, 4.69) is 11.0 Å². The number of hydrogen-bond acceptors (Lipinski definition) is 4. The minimum absolute atomic E-state index is 0.244. The molecule has 0 aromatic rings. The van der Waals surface area contributed by atoms with Gasteiger partial charge in [-0.15, -0.1) is 0 Å². The Balaban J connectivity index is 1.64. The lowest BCUT2D eigenvalue weighted by Crippen LogP contribution is -2.56. The monoisotopic (exact) mass is 263 g/mol. The Kier molecular flexibility index (Phi) is 3.41. The molecule has 0 aromatic carbocycles.